The minimum atomic E-state index is -0.309. The summed E-state index contributed by atoms with van der Waals surface area (Å²) in [5.41, 5.74) is 4.12. The third-order valence-corrected chi connectivity index (χ3v) is 4.93. The van der Waals surface area contributed by atoms with Gasteiger partial charge in [0.05, 0.1) is 11.5 Å². The Balaban J connectivity index is 1.52. The topological polar surface area (TPSA) is 68.0 Å². The first-order chi connectivity index (χ1) is 12.9. The molecule has 0 aliphatic carbocycles. The second-order valence-corrected chi connectivity index (χ2v) is 7.32. The summed E-state index contributed by atoms with van der Waals surface area (Å²) in [7, 11) is 0. The number of hydrogen-bond donors (Lipinski definition) is 1. The molecule has 7 heteroatoms. The van der Waals surface area contributed by atoms with E-state index in [1.165, 1.54) is 17.8 Å². The zero-order chi connectivity index (χ0) is 19.4. The number of rotatable bonds is 6. The fraction of sp³-hybridized carbons (Fsp3) is 0.250. The Morgan fingerprint density at radius 2 is 1.96 bits per heavy atom. The summed E-state index contributed by atoms with van der Waals surface area (Å²) < 4.78 is 18.8. The number of carbonyl (C=O) groups is 1. The van der Waals surface area contributed by atoms with Crippen molar-refractivity contribution in [2.24, 2.45) is 0 Å². The molecule has 5 nitrogen and oxygen atoms in total. The summed E-state index contributed by atoms with van der Waals surface area (Å²) in [4.78, 5) is 16.4. The lowest BCUT2D eigenvalue weighted by Crippen LogP contribution is -2.15. The molecule has 1 amide bonds. The summed E-state index contributed by atoms with van der Waals surface area (Å²) in [5.74, 6) is 1.01. The molecule has 0 radical (unpaired) electrons. The van der Waals surface area contributed by atoms with Gasteiger partial charge in [0.1, 0.15) is 5.82 Å². The van der Waals surface area contributed by atoms with Crippen molar-refractivity contribution in [2.75, 3.05) is 11.1 Å². The van der Waals surface area contributed by atoms with Crippen LogP contribution in [-0.4, -0.2) is 21.8 Å². The molecule has 0 aliphatic heterocycles. The highest BCUT2D eigenvalue weighted by atomic mass is 32.2. The minimum Gasteiger partial charge on any atom is -0.338 e. The Morgan fingerprint density at radius 3 is 2.70 bits per heavy atom. The molecule has 27 heavy (non-hydrogen) atoms. The van der Waals surface area contributed by atoms with Crippen molar-refractivity contribution in [1.29, 1.82) is 0 Å². The van der Waals surface area contributed by atoms with E-state index in [9.17, 15) is 9.18 Å². The average Bonchev–Trinajstić information content (AvgIpc) is 3.09. The summed E-state index contributed by atoms with van der Waals surface area (Å²) in [5, 5.41) is 6.77. The molecule has 140 valence electrons. The van der Waals surface area contributed by atoms with E-state index in [0.717, 1.165) is 16.8 Å². The lowest BCUT2D eigenvalue weighted by Gasteiger charge is -2.08. The van der Waals surface area contributed by atoms with Gasteiger partial charge in [-0.25, -0.2) is 4.39 Å². The normalized spacial score (nSPS) is 10.8. The molecule has 1 heterocycles. The first-order valence-electron chi connectivity index (χ1n) is 8.46. The molecule has 3 rings (SSSR count). The third kappa shape index (κ3) is 4.95. The molecule has 0 atom stereocenters. The lowest BCUT2D eigenvalue weighted by atomic mass is 10.1. The molecule has 0 saturated heterocycles. The van der Waals surface area contributed by atoms with E-state index >= 15 is 0 Å². The maximum Gasteiger partial charge on any atom is 0.236 e. The van der Waals surface area contributed by atoms with Crippen molar-refractivity contribution in [3.05, 3.63) is 64.8 Å². The highest BCUT2D eigenvalue weighted by Gasteiger charge is 2.12. The number of thioether (sulfide) groups is 1. The number of anilines is 1. The smallest absolute Gasteiger partial charge is 0.236 e. The Kier molecular flexibility index (Phi) is 5.91. The highest BCUT2D eigenvalue weighted by Crippen LogP contribution is 2.21. The van der Waals surface area contributed by atoms with Gasteiger partial charge in [0.25, 0.3) is 0 Å². The number of nitrogens with zero attached hydrogens (tertiary/aromatic N) is 2. The number of aryl methyl sites for hydroxylation is 3. The van der Waals surface area contributed by atoms with Crippen LogP contribution in [-0.2, 0) is 10.5 Å². The van der Waals surface area contributed by atoms with E-state index in [2.05, 4.69) is 15.5 Å². The van der Waals surface area contributed by atoms with Gasteiger partial charge in [-0.3, -0.25) is 4.79 Å². The van der Waals surface area contributed by atoms with E-state index in [1.54, 1.807) is 19.1 Å². The Bertz CT molecular complexity index is 972. The molecule has 0 spiro atoms. The zero-order valence-corrected chi connectivity index (χ0v) is 16.2. The molecule has 1 aromatic heterocycles. The molecular weight excluding hydrogens is 365 g/mol. The molecule has 0 aliphatic rings. The standard InChI is InChI=1S/C20H20FN3O2S/c1-12-4-7-17(14(3)8-12)22-18(25)10-27-11-19-23-20(24-26-19)15-6-5-13(2)16(21)9-15/h4-9H,10-11H2,1-3H3,(H,22,25). The molecular formula is C20H20FN3O2S. The monoisotopic (exact) mass is 385 g/mol. The van der Waals surface area contributed by atoms with Crippen molar-refractivity contribution in [3.8, 4) is 11.4 Å². The van der Waals surface area contributed by atoms with Crippen LogP contribution in [0.25, 0.3) is 11.4 Å². The second-order valence-electron chi connectivity index (χ2n) is 6.34. The van der Waals surface area contributed by atoms with Crippen molar-refractivity contribution >= 4 is 23.4 Å². The van der Waals surface area contributed by atoms with Crippen LogP contribution in [0.3, 0.4) is 0 Å². The zero-order valence-electron chi connectivity index (χ0n) is 15.4. The summed E-state index contributed by atoms with van der Waals surface area (Å²) in [6.45, 7) is 5.67. The van der Waals surface area contributed by atoms with Crippen LogP contribution in [0, 0.1) is 26.6 Å². The maximum absolute atomic E-state index is 13.7. The average molecular weight is 385 g/mol. The number of aromatic nitrogens is 2. The van der Waals surface area contributed by atoms with Crippen LogP contribution >= 0.6 is 11.8 Å². The van der Waals surface area contributed by atoms with Gasteiger partial charge in [-0.2, -0.15) is 4.98 Å². The van der Waals surface area contributed by atoms with Crippen LogP contribution in [0.15, 0.2) is 40.9 Å². The van der Waals surface area contributed by atoms with Crippen LogP contribution < -0.4 is 5.32 Å². The third-order valence-electron chi connectivity index (χ3n) is 4.01. The van der Waals surface area contributed by atoms with Gasteiger partial charge in [0.15, 0.2) is 0 Å². The van der Waals surface area contributed by atoms with Gasteiger partial charge in [-0.15, -0.1) is 11.8 Å². The summed E-state index contributed by atoms with van der Waals surface area (Å²) >= 11 is 1.37. The number of halogens is 1. The van der Waals surface area contributed by atoms with E-state index in [0.29, 0.717) is 28.6 Å². The largest absolute Gasteiger partial charge is 0.338 e. The number of amides is 1. The molecule has 0 saturated carbocycles. The van der Waals surface area contributed by atoms with Gasteiger partial charge < -0.3 is 9.84 Å². The Labute approximate surface area is 161 Å². The van der Waals surface area contributed by atoms with E-state index in [1.807, 2.05) is 32.0 Å². The lowest BCUT2D eigenvalue weighted by molar-refractivity contribution is -0.113. The number of carbonyl (C=O) groups excluding carboxylic acids is 1. The fourth-order valence-corrected chi connectivity index (χ4v) is 3.19. The highest BCUT2D eigenvalue weighted by molar-refractivity contribution is 7.99. The van der Waals surface area contributed by atoms with Gasteiger partial charge in [-0.05, 0) is 44.0 Å². The van der Waals surface area contributed by atoms with Crippen LogP contribution in [0.5, 0.6) is 0 Å². The Morgan fingerprint density at radius 1 is 1.15 bits per heavy atom. The number of benzene rings is 2. The summed E-state index contributed by atoms with van der Waals surface area (Å²) in [6, 6.07) is 10.7. The molecule has 2 aromatic carbocycles. The molecule has 1 N–H and O–H groups in total. The van der Waals surface area contributed by atoms with Crippen molar-refractivity contribution in [2.45, 2.75) is 26.5 Å². The van der Waals surface area contributed by atoms with Crippen LogP contribution in [0.1, 0.15) is 22.6 Å². The van der Waals surface area contributed by atoms with Crippen molar-refractivity contribution < 1.29 is 13.7 Å². The van der Waals surface area contributed by atoms with Gasteiger partial charge >= 0.3 is 0 Å². The molecule has 0 bridgehead atoms. The molecule has 0 fully saturated rings. The first-order valence-corrected chi connectivity index (χ1v) is 9.62. The number of hydrogen-bond acceptors (Lipinski definition) is 5. The SMILES string of the molecule is Cc1ccc(NC(=O)CSCc2nc(-c3ccc(C)c(F)c3)no2)c(C)c1. The molecule has 0 unspecified atom stereocenters. The summed E-state index contributed by atoms with van der Waals surface area (Å²) in [6.07, 6.45) is 0. The minimum absolute atomic E-state index is 0.0905. The van der Waals surface area contributed by atoms with Gasteiger partial charge in [0, 0.05) is 11.3 Å². The maximum atomic E-state index is 13.7. The van der Waals surface area contributed by atoms with Crippen LogP contribution in [0.2, 0.25) is 0 Å². The molecule has 3 aromatic rings. The first kappa shape index (κ1) is 19.1. The predicted octanol–water partition coefficient (Wildman–Crippen LogP) is 4.67. The van der Waals surface area contributed by atoms with E-state index < -0.39 is 0 Å². The van der Waals surface area contributed by atoms with Gasteiger partial charge in [-0.1, -0.05) is 35.0 Å². The fourth-order valence-electron chi connectivity index (χ4n) is 2.53. The van der Waals surface area contributed by atoms with Gasteiger partial charge in [0.2, 0.25) is 17.6 Å². The number of nitrogens with one attached hydrogen (secondary N) is 1. The Hall–Kier alpha value is -2.67. The van der Waals surface area contributed by atoms with Crippen molar-refractivity contribution in [1.82, 2.24) is 10.1 Å². The quantitative estimate of drug-likeness (QED) is 0.668. The van der Waals surface area contributed by atoms with Crippen LogP contribution in [0.4, 0.5) is 10.1 Å². The predicted molar refractivity (Wildman–Crippen MR) is 105 cm³/mol. The van der Waals surface area contributed by atoms with E-state index in [-0.39, 0.29) is 17.5 Å². The van der Waals surface area contributed by atoms with E-state index in [4.69, 9.17) is 4.52 Å². The second kappa shape index (κ2) is 8.35. The van der Waals surface area contributed by atoms with Crippen molar-refractivity contribution in [3.63, 3.8) is 0 Å².